The molecule has 146 valence electrons. The number of amides is 2. The molecule has 0 atom stereocenters. The summed E-state index contributed by atoms with van der Waals surface area (Å²) < 4.78 is 0. The Kier molecular flexibility index (Phi) is 5.53. The largest absolute Gasteiger partial charge is 0.334 e. The fraction of sp³-hybridized carbons (Fsp3) is 0.0952. The summed E-state index contributed by atoms with van der Waals surface area (Å²) in [7, 11) is 0. The second-order valence-corrected chi connectivity index (χ2v) is 7.38. The van der Waals surface area contributed by atoms with Crippen molar-refractivity contribution < 1.29 is 4.79 Å². The summed E-state index contributed by atoms with van der Waals surface area (Å²) in [6.07, 6.45) is 3.41. The van der Waals surface area contributed by atoms with Crippen molar-refractivity contribution in [1.29, 1.82) is 0 Å². The summed E-state index contributed by atoms with van der Waals surface area (Å²) in [6, 6.07) is 15.5. The lowest BCUT2D eigenvalue weighted by Crippen LogP contribution is -2.27. The van der Waals surface area contributed by atoms with E-state index in [1.54, 1.807) is 23.7 Å². The number of thiazole rings is 1. The number of urea groups is 1. The number of aryl methyl sites for hydroxylation is 1. The number of anilines is 3. The van der Waals surface area contributed by atoms with Crippen LogP contribution < -0.4 is 16.0 Å². The number of rotatable bonds is 6. The number of aromatic nitrogens is 3. The molecule has 0 fully saturated rings. The molecule has 0 bridgehead atoms. The predicted molar refractivity (Wildman–Crippen MR) is 116 cm³/mol. The molecule has 2 amide bonds. The highest BCUT2D eigenvalue weighted by Crippen LogP contribution is 2.27. The van der Waals surface area contributed by atoms with Gasteiger partial charge in [0.25, 0.3) is 0 Å². The van der Waals surface area contributed by atoms with Gasteiger partial charge in [-0.25, -0.2) is 9.78 Å². The second kappa shape index (κ2) is 8.57. The van der Waals surface area contributed by atoms with E-state index in [-0.39, 0.29) is 6.03 Å². The maximum absolute atomic E-state index is 12.0. The number of aromatic amines is 1. The summed E-state index contributed by atoms with van der Waals surface area (Å²) in [4.78, 5) is 16.6. The summed E-state index contributed by atoms with van der Waals surface area (Å²) in [5.41, 5.74) is 5.80. The molecule has 0 spiro atoms. The van der Waals surface area contributed by atoms with Gasteiger partial charge in [-0.1, -0.05) is 29.8 Å². The van der Waals surface area contributed by atoms with Gasteiger partial charge in [0.2, 0.25) is 0 Å². The lowest BCUT2D eigenvalue weighted by molar-refractivity contribution is 0.251. The van der Waals surface area contributed by atoms with E-state index in [0.29, 0.717) is 12.2 Å². The van der Waals surface area contributed by atoms with Gasteiger partial charge < -0.3 is 16.0 Å². The number of benzene rings is 2. The number of hydrogen-bond acceptors (Lipinski definition) is 5. The molecule has 4 aromatic rings. The Morgan fingerprint density at radius 3 is 2.55 bits per heavy atom. The topological polar surface area (TPSA) is 94.7 Å². The van der Waals surface area contributed by atoms with Crippen molar-refractivity contribution in [1.82, 2.24) is 20.5 Å². The molecule has 0 saturated carbocycles. The first-order valence-corrected chi connectivity index (χ1v) is 9.96. The number of carbonyl (C=O) groups is 1. The maximum atomic E-state index is 12.0. The van der Waals surface area contributed by atoms with E-state index < -0.39 is 0 Å². The minimum Gasteiger partial charge on any atom is -0.334 e. The molecule has 0 radical (unpaired) electrons. The average Bonchev–Trinajstić information content (AvgIpc) is 3.41. The second-order valence-electron chi connectivity index (χ2n) is 6.52. The highest BCUT2D eigenvalue weighted by molar-refractivity contribution is 7.14. The Balaban J connectivity index is 1.32. The van der Waals surface area contributed by atoms with Gasteiger partial charge in [-0.05, 0) is 31.2 Å². The van der Waals surface area contributed by atoms with Crippen LogP contribution in [0.2, 0.25) is 0 Å². The number of hydrogen-bond donors (Lipinski definition) is 4. The lowest BCUT2D eigenvalue weighted by atomic mass is 10.1. The summed E-state index contributed by atoms with van der Waals surface area (Å²) in [5.74, 6) is 0. The molecule has 8 heteroatoms. The van der Waals surface area contributed by atoms with E-state index in [1.165, 1.54) is 5.56 Å². The van der Waals surface area contributed by atoms with Crippen LogP contribution in [-0.4, -0.2) is 21.2 Å². The normalized spacial score (nSPS) is 10.5. The van der Waals surface area contributed by atoms with Crippen molar-refractivity contribution in [2.75, 3.05) is 10.6 Å². The van der Waals surface area contributed by atoms with Crippen LogP contribution in [0.3, 0.4) is 0 Å². The van der Waals surface area contributed by atoms with Crippen molar-refractivity contribution in [2.24, 2.45) is 0 Å². The number of nitrogens with zero attached hydrogens (tertiary/aromatic N) is 2. The zero-order valence-corrected chi connectivity index (χ0v) is 16.6. The van der Waals surface area contributed by atoms with Crippen molar-refractivity contribution >= 4 is 33.9 Å². The summed E-state index contributed by atoms with van der Waals surface area (Å²) >= 11 is 1.55. The average molecular weight is 404 g/mol. The maximum Gasteiger partial charge on any atom is 0.319 e. The SMILES string of the molecule is Cc1ccc(-c2csc(Nc3ccc(NC(=O)NCc4cn[nH]c4)cc3)n2)cc1. The van der Waals surface area contributed by atoms with E-state index in [1.807, 2.05) is 29.6 Å². The van der Waals surface area contributed by atoms with Crippen LogP contribution in [0, 0.1) is 6.92 Å². The molecule has 0 aliphatic rings. The minimum absolute atomic E-state index is 0.269. The first-order chi connectivity index (χ1) is 14.2. The fourth-order valence-corrected chi connectivity index (χ4v) is 3.42. The van der Waals surface area contributed by atoms with E-state index in [9.17, 15) is 4.79 Å². The van der Waals surface area contributed by atoms with E-state index in [0.717, 1.165) is 27.6 Å². The molecule has 0 unspecified atom stereocenters. The van der Waals surface area contributed by atoms with E-state index in [4.69, 9.17) is 0 Å². The van der Waals surface area contributed by atoms with Crippen molar-refractivity contribution in [3.05, 3.63) is 77.4 Å². The molecular formula is C21H20N6OS. The Morgan fingerprint density at radius 2 is 1.83 bits per heavy atom. The molecule has 7 nitrogen and oxygen atoms in total. The fourth-order valence-electron chi connectivity index (χ4n) is 2.68. The molecule has 4 rings (SSSR count). The quantitative estimate of drug-likeness (QED) is 0.367. The summed E-state index contributed by atoms with van der Waals surface area (Å²) in [6.45, 7) is 2.48. The minimum atomic E-state index is -0.269. The molecule has 0 saturated heterocycles. The highest BCUT2D eigenvalue weighted by atomic mass is 32.1. The third kappa shape index (κ3) is 4.99. The van der Waals surface area contributed by atoms with Crippen molar-refractivity contribution in [2.45, 2.75) is 13.5 Å². The van der Waals surface area contributed by atoms with Crippen LogP contribution in [0.25, 0.3) is 11.3 Å². The first-order valence-electron chi connectivity index (χ1n) is 9.08. The van der Waals surface area contributed by atoms with Gasteiger partial charge in [0.1, 0.15) is 0 Å². The molecule has 29 heavy (non-hydrogen) atoms. The highest BCUT2D eigenvalue weighted by Gasteiger charge is 2.06. The molecule has 4 N–H and O–H groups in total. The van der Waals surface area contributed by atoms with Crippen LogP contribution in [-0.2, 0) is 6.54 Å². The molecule has 2 aromatic heterocycles. The van der Waals surface area contributed by atoms with Crippen LogP contribution in [0.5, 0.6) is 0 Å². The van der Waals surface area contributed by atoms with Crippen LogP contribution >= 0.6 is 11.3 Å². The Hall–Kier alpha value is -3.65. The van der Waals surface area contributed by atoms with Gasteiger partial charge in [-0.2, -0.15) is 5.10 Å². The van der Waals surface area contributed by atoms with Gasteiger partial charge in [-0.3, -0.25) is 5.10 Å². The van der Waals surface area contributed by atoms with Gasteiger partial charge in [0.15, 0.2) is 5.13 Å². The standard InChI is InChI=1S/C21H20N6OS/c1-14-2-4-16(5-3-14)19-13-29-21(27-19)26-18-8-6-17(7-9-18)25-20(28)22-10-15-11-23-24-12-15/h2-9,11-13H,10H2,1H3,(H,23,24)(H,26,27)(H2,22,25,28). The van der Waals surface area contributed by atoms with Gasteiger partial charge in [0, 0.05) is 40.6 Å². The van der Waals surface area contributed by atoms with Gasteiger partial charge >= 0.3 is 6.03 Å². The van der Waals surface area contributed by atoms with Crippen molar-refractivity contribution in [3.8, 4) is 11.3 Å². The molecule has 0 aliphatic carbocycles. The Labute approximate surface area is 172 Å². The number of nitrogens with one attached hydrogen (secondary N) is 4. The molecule has 0 aliphatic heterocycles. The Morgan fingerprint density at radius 1 is 1.07 bits per heavy atom. The van der Waals surface area contributed by atoms with Crippen molar-refractivity contribution in [3.63, 3.8) is 0 Å². The Bertz CT molecular complexity index is 1070. The zero-order valence-electron chi connectivity index (χ0n) is 15.8. The predicted octanol–water partition coefficient (Wildman–Crippen LogP) is 4.91. The van der Waals surface area contributed by atoms with Gasteiger partial charge in [-0.15, -0.1) is 11.3 Å². The van der Waals surface area contributed by atoms with Gasteiger partial charge in [0.05, 0.1) is 11.9 Å². The summed E-state index contributed by atoms with van der Waals surface area (Å²) in [5, 5.41) is 18.3. The number of H-pyrrole nitrogens is 1. The molecular weight excluding hydrogens is 384 g/mol. The zero-order chi connectivity index (χ0) is 20.1. The van der Waals surface area contributed by atoms with E-state index in [2.05, 4.69) is 62.3 Å². The van der Waals surface area contributed by atoms with Crippen LogP contribution in [0.4, 0.5) is 21.3 Å². The molecule has 2 heterocycles. The molecule has 2 aromatic carbocycles. The lowest BCUT2D eigenvalue weighted by Gasteiger charge is -2.08. The van der Waals surface area contributed by atoms with Crippen LogP contribution in [0.1, 0.15) is 11.1 Å². The third-order valence-corrected chi connectivity index (χ3v) is 5.01. The van der Waals surface area contributed by atoms with Crippen LogP contribution in [0.15, 0.2) is 66.3 Å². The van der Waals surface area contributed by atoms with E-state index >= 15 is 0 Å². The third-order valence-electron chi connectivity index (χ3n) is 4.25. The smallest absolute Gasteiger partial charge is 0.319 e. The number of carbonyl (C=O) groups excluding carboxylic acids is 1. The first kappa shape index (κ1) is 18.7. The monoisotopic (exact) mass is 404 g/mol.